The molecule has 0 spiro atoms. The van der Waals surface area contributed by atoms with E-state index in [1.54, 1.807) is 0 Å². The van der Waals surface area contributed by atoms with Gasteiger partial charge in [0.05, 0.1) is 11.7 Å². The lowest BCUT2D eigenvalue weighted by atomic mass is 10.1. The quantitative estimate of drug-likeness (QED) is 0.845. The standard InChI is InChI=1S/C17H27N5O2/c1-10(7-15-11(2)20-21(4)12(15)3)18-17(24)19-13-8-16(23)22(9-13)14-5-6-14/h10,13-14H,5-9H2,1-4H3,(H2,18,19,24). The smallest absolute Gasteiger partial charge is 0.315 e. The summed E-state index contributed by atoms with van der Waals surface area (Å²) in [7, 11) is 1.93. The molecule has 1 saturated heterocycles. The first-order chi connectivity index (χ1) is 11.3. The summed E-state index contributed by atoms with van der Waals surface area (Å²) in [5.41, 5.74) is 3.31. The first kappa shape index (κ1) is 16.8. The summed E-state index contributed by atoms with van der Waals surface area (Å²) in [6, 6.07) is 0.148. The average Bonchev–Trinajstić information content (AvgIpc) is 3.23. The maximum absolute atomic E-state index is 12.2. The lowest BCUT2D eigenvalue weighted by molar-refractivity contribution is -0.128. The normalized spacial score (nSPS) is 21.9. The number of likely N-dealkylation sites (tertiary alicyclic amines) is 1. The van der Waals surface area contributed by atoms with Crippen LogP contribution >= 0.6 is 0 Å². The second-order valence-corrected chi connectivity index (χ2v) is 7.17. The molecule has 3 amide bonds. The van der Waals surface area contributed by atoms with Crippen LogP contribution in [0.3, 0.4) is 0 Å². The number of hydrogen-bond donors (Lipinski definition) is 2. The Hall–Kier alpha value is -2.05. The third-order valence-corrected chi connectivity index (χ3v) is 5.03. The number of rotatable bonds is 5. The molecule has 3 rings (SSSR count). The molecule has 7 heteroatoms. The molecule has 0 radical (unpaired) electrons. The van der Waals surface area contributed by atoms with Crippen molar-refractivity contribution in [3.05, 3.63) is 17.0 Å². The Bertz CT molecular complexity index is 650. The predicted octanol–water partition coefficient (Wildman–Crippen LogP) is 1.03. The van der Waals surface area contributed by atoms with Gasteiger partial charge < -0.3 is 15.5 Å². The maximum Gasteiger partial charge on any atom is 0.315 e. The van der Waals surface area contributed by atoms with Gasteiger partial charge >= 0.3 is 6.03 Å². The van der Waals surface area contributed by atoms with Crippen molar-refractivity contribution in [3.63, 3.8) is 0 Å². The van der Waals surface area contributed by atoms with Crippen LogP contribution in [0.5, 0.6) is 0 Å². The van der Waals surface area contributed by atoms with Crippen LogP contribution in [0, 0.1) is 13.8 Å². The fourth-order valence-electron chi connectivity index (χ4n) is 3.49. The van der Waals surface area contributed by atoms with Gasteiger partial charge in [-0.2, -0.15) is 5.10 Å². The van der Waals surface area contributed by atoms with Gasteiger partial charge in [0.15, 0.2) is 0 Å². The maximum atomic E-state index is 12.2. The van der Waals surface area contributed by atoms with E-state index in [9.17, 15) is 9.59 Å². The molecule has 2 fully saturated rings. The fourth-order valence-corrected chi connectivity index (χ4v) is 3.49. The van der Waals surface area contributed by atoms with Gasteiger partial charge in [0, 0.05) is 37.8 Å². The van der Waals surface area contributed by atoms with Gasteiger partial charge in [0.1, 0.15) is 0 Å². The lowest BCUT2D eigenvalue weighted by Crippen LogP contribution is -2.47. The molecule has 132 valence electrons. The lowest BCUT2D eigenvalue weighted by Gasteiger charge is -2.19. The molecule has 1 aliphatic carbocycles. The second-order valence-electron chi connectivity index (χ2n) is 7.17. The Kier molecular flexibility index (Phi) is 4.51. The minimum atomic E-state index is -0.197. The largest absolute Gasteiger partial charge is 0.338 e. The van der Waals surface area contributed by atoms with E-state index >= 15 is 0 Å². The molecule has 7 nitrogen and oxygen atoms in total. The summed E-state index contributed by atoms with van der Waals surface area (Å²) in [6.45, 7) is 6.67. The number of carbonyl (C=O) groups is 2. The number of amides is 3. The highest BCUT2D eigenvalue weighted by Gasteiger charge is 2.39. The van der Waals surface area contributed by atoms with E-state index in [2.05, 4.69) is 15.7 Å². The van der Waals surface area contributed by atoms with Crippen LogP contribution in [0.2, 0.25) is 0 Å². The van der Waals surface area contributed by atoms with E-state index in [4.69, 9.17) is 0 Å². The number of nitrogens with one attached hydrogen (secondary N) is 2. The molecule has 2 unspecified atom stereocenters. The fraction of sp³-hybridized carbons (Fsp3) is 0.706. The zero-order valence-corrected chi connectivity index (χ0v) is 14.9. The zero-order valence-electron chi connectivity index (χ0n) is 14.9. The van der Waals surface area contributed by atoms with Gasteiger partial charge in [-0.05, 0) is 45.6 Å². The number of carbonyl (C=O) groups excluding carboxylic acids is 2. The highest BCUT2D eigenvalue weighted by Crippen LogP contribution is 2.30. The first-order valence-electron chi connectivity index (χ1n) is 8.70. The molecule has 2 aliphatic rings. The first-order valence-corrected chi connectivity index (χ1v) is 8.70. The molecular weight excluding hydrogens is 306 g/mol. The van der Waals surface area contributed by atoms with E-state index in [0.29, 0.717) is 19.0 Å². The number of aromatic nitrogens is 2. The third-order valence-electron chi connectivity index (χ3n) is 5.03. The van der Waals surface area contributed by atoms with Crippen LogP contribution in [-0.4, -0.2) is 51.3 Å². The average molecular weight is 333 g/mol. The van der Waals surface area contributed by atoms with Crippen molar-refractivity contribution >= 4 is 11.9 Å². The summed E-state index contributed by atoms with van der Waals surface area (Å²) in [4.78, 5) is 26.0. The van der Waals surface area contributed by atoms with Crippen molar-refractivity contribution in [1.29, 1.82) is 0 Å². The molecule has 0 bridgehead atoms. The van der Waals surface area contributed by atoms with Gasteiger partial charge in [0.2, 0.25) is 5.91 Å². The SMILES string of the molecule is Cc1nn(C)c(C)c1CC(C)NC(=O)NC1CC(=O)N(C2CC2)C1. The highest BCUT2D eigenvalue weighted by atomic mass is 16.2. The van der Waals surface area contributed by atoms with Gasteiger partial charge in [-0.15, -0.1) is 0 Å². The Morgan fingerprint density at radius 1 is 1.38 bits per heavy atom. The van der Waals surface area contributed by atoms with Gasteiger partial charge in [-0.1, -0.05) is 0 Å². The number of nitrogens with zero attached hydrogens (tertiary/aromatic N) is 3. The van der Waals surface area contributed by atoms with Crippen LogP contribution in [0.4, 0.5) is 4.79 Å². The van der Waals surface area contributed by atoms with Crippen molar-refractivity contribution < 1.29 is 9.59 Å². The minimum absolute atomic E-state index is 0.00300. The highest BCUT2D eigenvalue weighted by molar-refractivity contribution is 5.82. The number of urea groups is 1. The van der Waals surface area contributed by atoms with E-state index < -0.39 is 0 Å². The van der Waals surface area contributed by atoms with Crippen molar-refractivity contribution in [2.75, 3.05) is 6.54 Å². The van der Waals surface area contributed by atoms with Crippen LogP contribution < -0.4 is 10.6 Å². The molecule has 2 heterocycles. The Morgan fingerprint density at radius 2 is 2.08 bits per heavy atom. The van der Waals surface area contributed by atoms with Gasteiger partial charge in [0.25, 0.3) is 0 Å². The molecule has 1 aliphatic heterocycles. The molecule has 2 N–H and O–H groups in total. The monoisotopic (exact) mass is 333 g/mol. The molecule has 24 heavy (non-hydrogen) atoms. The van der Waals surface area contributed by atoms with E-state index in [0.717, 1.165) is 30.7 Å². The van der Waals surface area contributed by atoms with Crippen LogP contribution in [0.25, 0.3) is 0 Å². The van der Waals surface area contributed by atoms with Crippen LogP contribution in [0.1, 0.15) is 43.1 Å². The Labute approximate surface area is 142 Å². The van der Waals surface area contributed by atoms with Crippen molar-refractivity contribution in [3.8, 4) is 0 Å². The molecule has 1 saturated carbocycles. The Morgan fingerprint density at radius 3 is 2.67 bits per heavy atom. The summed E-state index contributed by atoms with van der Waals surface area (Å²) in [5.74, 6) is 0.164. The van der Waals surface area contributed by atoms with Gasteiger partial charge in [-0.3, -0.25) is 9.48 Å². The summed E-state index contributed by atoms with van der Waals surface area (Å²) in [6.07, 6.45) is 3.37. The van der Waals surface area contributed by atoms with Crippen LogP contribution in [-0.2, 0) is 18.3 Å². The van der Waals surface area contributed by atoms with Crippen molar-refractivity contribution in [1.82, 2.24) is 25.3 Å². The molecule has 2 atom stereocenters. The van der Waals surface area contributed by atoms with Crippen LogP contribution in [0.15, 0.2) is 0 Å². The van der Waals surface area contributed by atoms with Crippen molar-refractivity contribution in [2.24, 2.45) is 7.05 Å². The van der Waals surface area contributed by atoms with E-state index in [1.807, 2.05) is 37.4 Å². The second kappa shape index (κ2) is 6.45. The topological polar surface area (TPSA) is 79.3 Å². The molecular formula is C17H27N5O2. The van der Waals surface area contributed by atoms with E-state index in [1.165, 1.54) is 5.56 Å². The predicted molar refractivity (Wildman–Crippen MR) is 90.7 cm³/mol. The summed E-state index contributed by atoms with van der Waals surface area (Å²) < 4.78 is 1.87. The minimum Gasteiger partial charge on any atom is -0.338 e. The number of aryl methyl sites for hydroxylation is 2. The van der Waals surface area contributed by atoms with Crippen molar-refractivity contribution in [2.45, 2.75) is 64.6 Å². The Balaban J connectivity index is 1.48. The molecule has 1 aromatic heterocycles. The summed E-state index contributed by atoms with van der Waals surface area (Å²) in [5, 5.41) is 10.3. The van der Waals surface area contributed by atoms with E-state index in [-0.39, 0.29) is 24.0 Å². The van der Waals surface area contributed by atoms with Gasteiger partial charge in [-0.25, -0.2) is 4.79 Å². The summed E-state index contributed by atoms with van der Waals surface area (Å²) >= 11 is 0. The zero-order chi connectivity index (χ0) is 17.4. The number of hydrogen-bond acceptors (Lipinski definition) is 3. The third kappa shape index (κ3) is 3.55. The molecule has 1 aromatic rings. The molecule has 0 aromatic carbocycles.